The second-order valence-electron chi connectivity index (χ2n) is 8.46. The average molecular weight is 459 g/mol. The second kappa shape index (κ2) is 10.5. The number of benzene rings is 2. The lowest BCUT2D eigenvalue weighted by Gasteiger charge is -2.34. The molecule has 0 unspecified atom stereocenters. The van der Waals surface area contributed by atoms with Crippen LogP contribution in [0.15, 0.2) is 53.4 Å². The van der Waals surface area contributed by atoms with E-state index in [0.717, 1.165) is 16.8 Å². The standard InChI is InChI=1S/C24H34N4O3S/c1-5-27(18-21-8-10-22(11-9-21)25(3)4)24(29)19-26-14-16-28(17-15-26)32(30,31)23-12-6-20(2)7-13-23/h6-13H,5,14-19H2,1-4H3. The van der Waals surface area contributed by atoms with E-state index in [4.69, 9.17) is 0 Å². The highest BCUT2D eigenvalue weighted by atomic mass is 32.2. The van der Waals surface area contributed by atoms with Crippen molar-refractivity contribution < 1.29 is 13.2 Å². The average Bonchev–Trinajstić information content (AvgIpc) is 2.78. The molecular formula is C24H34N4O3S. The molecule has 1 amide bonds. The van der Waals surface area contributed by atoms with Crippen LogP contribution < -0.4 is 4.90 Å². The van der Waals surface area contributed by atoms with Crippen molar-refractivity contribution in [3.8, 4) is 0 Å². The van der Waals surface area contributed by atoms with Gasteiger partial charge in [-0.15, -0.1) is 0 Å². The molecule has 0 saturated carbocycles. The SMILES string of the molecule is CCN(Cc1ccc(N(C)C)cc1)C(=O)CN1CCN(S(=O)(=O)c2ccc(C)cc2)CC1. The van der Waals surface area contributed by atoms with Crippen LogP contribution in [0, 0.1) is 6.92 Å². The summed E-state index contributed by atoms with van der Waals surface area (Å²) in [4.78, 5) is 19.2. The fourth-order valence-electron chi connectivity index (χ4n) is 3.77. The predicted molar refractivity (Wildman–Crippen MR) is 128 cm³/mol. The number of anilines is 1. The second-order valence-corrected chi connectivity index (χ2v) is 10.4. The fourth-order valence-corrected chi connectivity index (χ4v) is 5.20. The molecule has 0 aliphatic carbocycles. The van der Waals surface area contributed by atoms with Crippen LogP contribution in [-0.2, 0) is 21.4 Å². The third-order valence-corrected chi connectivity index (χ3v) is 7.82. The Morgan fingerprint density at radius 3 is 2.06 bits per heavy atom. The smallest absolute Gasteiger partial charge is 0.243 e. The Morgan fingerprint density at radius 1 is 0.938 bits per heavy atom. The number of rotatable bonds is 8. The normalized spacial score (nSPS) is 15.5. The molecule has 1 saturated heterocycles. The minimum Gasteiger partial charge on any atom is -0.378 e. The van der Waals surface area contributed by atoms with E-state index in [1.54, 1.807) is 12.1 Å². The molecule has 0 atom stereocenters. The van der Waals surface area contributed by atoms with Crippen LogP contribution in [0.4, 0.5) is 5.69 Å². The van der Waals surface area contributed by atoms with Gasteiger partial charge >= 0.3 is 0 Å². The molecule has 0 aromatic heterocycles. The topological polar surface area (TPSA) is 64.2 Å². The summed E-state index contributed by atoms with van der Waals surface area (Å²) >= 11 is 0. The van der Waals surface area contributed by atoms with Crippen LogP contribution in [0.2, 0.25) is 0 Å². The molecule has 2 aromatic rings. The van der Waals surface area contributed by atoms with Crippen molar-refractivity contribution in [2.24, 2.45) is 0 Å². The van der Waals surface area contributed by atoms with Gasteiger partial charge in [0.1, 0.15) is 0 Å². The van der Waals surface area contributed by atoms with Crippen molar-refractivity contribution in [3.05, 3.63) is 59.7 Å². The summed E-state index contributed by atoms with van der Waals surface area (Å²) in [5.74, 6) is 0.0685. The summed E-state index contributed by atoms with van der Waals surface area (Å²) in [5, 5.41) is 0. The number of hydrogen-bond acceptors (Lipinski definition) is 5. The lowest BCUT2D eigenvalue weighted by Crippen LogP contribution is -2.51. The van der Waals surface area contributed by atoms with Gasteiger partial charge < -0.3 is 9.80 Å². The van der Waals surface area contributed by atoms with Crippen LogP contribution in [0.1, 0.15) is 18.1 Å². The van der Waals surface area contributed by atoms with Crippen LogP contribution in [0.25, 0.3) is 0 Å². The number of aryl methyl sites for hydroxylation is 1. The van der Waals surface area contributed by atoms with Crippen molar-refractivity contribution >= 4 is 21.6 Å². The van der Waals surface area contributed by atoms with Gasteiger partial charge in [0.15, 0.2) is 0 Å². The van der Waals surface area contributed by atoms with Crippen molar-refractivity contribution in [1.29, 1.82) is 0 Å². The number of hydrogen-bond donors (Lipinski definition) is 0. The Bertz CT molecular complexity index is 997. The zero-order chi connectivity index (χ0) is 23.3. The van der Waals surface area contributed by atoms with Crippen molar-refractivity contribution in [3.63, 3.8) is 0 Å². The summed E-state index contributed by atoms with van der Waals surface area (Å²) in [7, 11) is 0.511. The Balaban J connectivity index is 1.54. The quantitative estimate of drug-likeness (QED) is 0.608. The number of likely N-dealkylation sites (N-methyl/N-ethyl adjacent to an activating group) is 1. The lowest BCUT2D eigenvalue weighted by atomic mass is 10.2. The Hall–Kier alpha value is -2.42. The van der Waals surface area contributed by atoms with E-state index in [1.165, 1.54) is 4.31 Å². The molecule has 1 aliphatic heterocycles. The van der Waals surface area contributed by atoms with E-state index in [2.05, 4.69) is 24.3 Å². The van der Waals surface area contributed by atoms with Gasteiger partial charge in [-0.2, -0.15) is 4.31 Å². The Morgan fingerprint density at radius 2 is 1.53 bits per heavy atom. The summed E-state index contributed by atoms with van der Waals surface area (Å²) in [6.07, 6.45) is 0. The van der Waals surface area contributed by atoms with Gasteiger partial charge in [-0.05, 0) is 43.7 Å². The maximum atomic E-state index is 12.9. The summed E-state index contributed by atoms with van der Waals surface area (Å²) in [5.41, 5.74) is 3.25. The minimum atomic E-state index is -3.49. The number of piperazine rings is 1. The Labute approximate surface area is 192 Å². The molecule has 0 spiro atoms. The molecule has 0 radical (unpaired) electrons. The molecule has 8 heteroatoms. The molecule has 1 heterocycles. The molecule has 3 rings (SSSR count). The van der Waals surface area contributed by atoms with E-state index in [9.17, 15) is 13.2 Å². The highest BCUT2D eigenvalue weighted by Gasteiger charge is 2.29. The van der Waals surface area contributed by atoms with Gasteiger partial charge in [0.25, 0.3) is 0 Å². The van der Waals surface area contributed by atoms with E-state index in [1.807, 2.05) is 54.8 Å². The first kappa shape index (κ1) is 24.2. The highest BCUT2D eigenvalue weighted by molar-refractivity contribution is 7.89. The zero-order valence-corrected chi connectivity index (χ0v) is 20.3. The first-order chi connectivity index (χ1) is 15.2. The van der Waals surface area contributed by atoms with Crippen LogP contribution in [0.5, 0.6) is 0 Å². The van der Waals surface area contributed by atoms with Gasteiger partial charge in [-0.1, -0.05) is 29.8 Å². The number of nitrogens with zero attached hydrogens (tertiary/aromatic N) is 4. The molecule has 2 aromatic carbocycles. The molecule has 0 bridgehead atoms. The van der Waals surface area contributed by atoms with Crippen LogP contribution >= 0.6 is 0 Å². The van der Waals surface area contributed by atoms with Gasteiger partial charge in [-0.3, -0.25) is 9.69 Å². The van der Waals surface area contributed by atoms with Gasteiger partial charge in [0.05, 0.1) is 11.4 Å². The summed E-state index contributed by atoms with van der Waals surface area (Å²) in [6.45, 7) is 7.31. The molecule has 7 nitrogen and oxygen atoms in total. The number of carbonyl (C=O) groups is 1. The van der Waals surface area contributed by atoms with Crippen LogP contribution in [0.3, 0.4) is 0 Å². The predicted octanol–water partition coefficient (Wildman–Crippen LogP) is 2.42. The van der Waals surface area contributed by atoms with Gasteiger partial charge in [-0.25, -0.2) is 8.42 Å². The van der Waals surface area contributed by atoms with Gasteiger partial charge in [0, 0.05) is 59.1 Å². The summed E-state index contributed by atoms with van der Waals surface area (Å²) in [6, 6.07) is 15.2. The highest BCUT2D eigenvalue weighted by Crippen LogP contribution is 2.19. The molecule has 0 N–H and O–H groups in total. The number of amides is 1. The molecule has 1 aliphatic rings. The van der Waals surface area contributed by atoms with E-state index in [-0.39, 0.29) is 5.91 Å². The maximum Gasteiger partial charge on any atom is 0.243 e. The largest absolute Gasteiger partial charge is 0.378 e. The third kappa shape index (κ3) is 5.88. The van der Waals surface area contributed by atoms with Crippen molar-refractivity contribution in [2.45, 2.75) is 25.3 Å². The third-order valence-electron chi connectivity index (χ3n) is 5.91. The monoisotopic (exact) mass is 458 g/mol. The summed E-state index contributed by atoms with van der Waals surface area (Å²) < 4.78 is 27.3. The van der Waals surface area contributed by atoms with Crippen molar-refractivity contribution in [2.75, 3.05) is 58.3 Å². The van der Waals surface area contributed by atoms with E-state index >= 15 is 0 Å². The first-order valence-corrected chi connectivity index (χ1v) is 12.5. The molecular weight excluding hydrogens is 424 g/mol. The lowest BCUT2D eigenvalue weighted by molar-refractivity contribution is -0.133. The zero-order valence-electron chi connectivity index (χ0n) is 19.5. The Kier molecular flexibility index (Phi) is 7.92. The minimum absolute atomic E-state index is 0.0685. The first-order valence-electron chi connectivity index (χ1n) is 11.0. The van der Waals surface area contributed by atoms with Crippen LogP contribution in [-0.4, -0.2) is 81.8 Å². The fraction of sp³-hybridized carbons (Fsp3) is 0.458. The van der Waals surface area contributed by atoms with Crippen molar-refractivity contribution in [1.82, 2.24) is 14.1 Å². The number of carbonyl (C=O) groups excluding carboxylic acids is 1. The molecule has 1 fully saturated rings. The van der Waals surface area contributed by atoms with Gasteiger partial charge in [0.2, 0.25) is 15.9 Å². The maximum absolute atomic E-state index is 12.9. The number of sulfonamides is 1. The van der Waals surface area contributed by atoms with E-state index in [0.29, 0.717) is 50.7 Å². The molecule has 32 heavy (non-hydrogen) atoms. The van der Waals surface area contributed by atoms with E-state index < -0.39 is 10.0 Å². The molecule has 174 valence electrons.